The van der Waals surface area contributed by atoms with Crippen LogP contribution in [0.2, 0.25) is 0 Å². The molecule has 6 nitrogen and oxygen atoms in total. The highest BCUT2D eigenvalue weighted by Crippen LogP contribution is 2.36. The standard InChI is InChI=1S/C20H31N5OS/c1-4-16-12-17(26-24-16)14-23-20(21-5-2)22-13-15-8-6-10-25(3)19(15)18-9-7-11-27-18/h7,9,11-12,15,19H,4-6,8,10,13-14H2,1-3H3,(H2,21,22,23). The summed E-state index contributed by atoms with van der Waals surface area (Å²) in [5.74, 6) is 2.21. The van der Waals surface area contributed by atoms with Gasteiger partial charge >= 0.3 is 0 Å². The van der Waals surface area contributed by atoms with Crippen molar-refractivity contribution in [3.8, 4) is 0 Å². The lowest BCUT2D eigenvalue weighted by Crippen LogP contribution is -2.44. The topological polar surface area (TPSA) is 65.7 Å². The van der Waals surface area contributed by atoms with Crippen molar-refractivity contribution in [1.82, 2.24) is 20.7 Å². The predicted molar refractivity (Wildman–Crippen MR) is 111 cm³/mol. The first kappa shape index (κ1) is 19.9. The summed E-state index contributed by atoms with van der Waals surface area (Å²) in [4.78, 5) is 8.62. The van der Waals surface area contributed by atoms with E-state index < -0.39 is 0 Å². The summed E-state index contributed by atoms with van der Waals surface area (Å²) < 4.78 is 5.34. The third-order valence-electron chi connectivity index (χ3n) is 5.08. The fourth-order valence-electron chi connectivity index (χ4n) is 3.71. The molecular formula is C20H31N5OS. The summed E-state index contributed by atoms with van der Waals surface area (Å²) in [6, 6.07) is 6.88. The summed E-state index contributed by atoms with van der Waals surface area (Å²) >= 11 is 1.86. The van der Waals surface area contributed by atoms with Crippen LogP contribution in [0.3, 0.4) is 0 Å². The lowest BCUT2D eigenvalue weighted by molar-refractivity contribution is 0.125. The van der Waals surface area contributed by atoms with Gasteiger partial charge in [-0.3, -0.25) is 4.90 Å². The number of piperidine rings is 1. The number of thiophene rings is 1. The van der Waals surface area contributed by atoms with Gasteiger partial charge in [-0.15, -0.1) is 11.3 Å². The van der Waals surface area contributed by atoms with Gasteiger partial charge in [-0.2, -0.15) is 0 Å². The van der Waals surface area contributed by atoms with Crippen LogP contribution < -0.4 is 10.6 Å². The average Bonchev–Trinajstić information content (AvgIpc) is 3.35. The molecule has 1 aliphatic rings. The number of guanidine groups is 1. The predicted octanol–water partition coefficient (Wildman–Crippen LogP) is 3.44. The van der Waals surface area contributed by atoms with Crippen LogP contribution in [-0.4, -0.2) is 42.7 Å². The molecule has 1 saturated heterocycles. The van der Waals surface area contributed by atoms with Gasteiger partial charge in [0, 0.05) is 30.1 Å². The molecule has 0 bridgehead atoms. The maximum absolute atomic E-state index is 5.34. The molecule has 2 aromatic heterocycles. The van der Waals surface area contributed by atoms with Crippen LogP contribution in [0.25, 0.3) is 0 Å². The van der Waals surface area contributed by atoms with Crippen LogP contribution in [-0.2, 0) is 13.0 Å². The molecule has 2 unspecified atom stereocenters. The molecule has 148 valence electrons. The molecule has 0 saturated carbocycles. The van der Waals surface area contributed by atoms with E-state index in [1.165, 1.54) is 24.3 Å². The van der Waals surface area contributed by atoms with Crippen molar-refractivity contribution >= 4 is 17.3 Å². The highest BCUT2D eigenvalue weighted by Gasteiger charge is 2.31. The summed E-state index contributed by atoms with van der Waals surface area (Å²) in [7, 11) is 2.24. The molecular weight excluding hydrogens is 358 g/mol. The fourth-order valence-corrected chi connectivity index (χ4v) is 4.69. The number of aryl methyl sites for hydroxylation is 1. The molecule has 0 radical (unpaired) electrons. The number of likely N-dealkylation sites (tertiary alicyclic amines) is 1. The molecule has 2 atom stereocenters. The number of hydrogen-bond donors (Lipinski definition) is 2. The Bertz CT molecular complexity index is 712. The van der Waals surface area contributed by atoms with E-state index >= 15 is 0 Å². The van der Waals surface area contributed by atoms with Crippen molar-refractivity contribution < 1.29 is 4.52 Å². The third kappa shape index (κ3) is 5.32. The van der Waals surface area contributed by atoms with Crippen molar-refractivity contribution in [2.45, 2.75) is 45.7 Å². The molecule has 1 fully saturated rings. The zero-order valence-corrected chi connectivity index (χ0v) is 17.4. The van der Waals surface area contributed by atoms with Crippen molar-refractivity contribution in [2.75, 3.05) is 26.7 Å². The van der Waals surface area contributed by atoms with Gasteiger partial charge in [0.1, 0.15) is 6.54 Å². The van der Waals surface area contributed by atoms with E-state index in [4.69, 9.17) is 4.52 Å². The largest absolute Gasteiger partial charge is 0.359 e. The molecule has 0 aromatic carbocycles. The number of aliphatic imine (C=N–C) groups is 1. The number of rotatable bonds is 7. The Morgan fingerprint density at radius 1 is 1.41 bits per heavy atom. The first-order chi connectivity index (χ1) is 13.2. The molecule has 2 N–H and O–H groups in total. The van der Waals surface area contributed by atoms with Crippen LogP contribution in [0, 0.1) is 5.92 Å². The van der Waals surface area contributed by atoms with Gasteiger partial charge in [-0.1, -0.05) is 18.1 Å². The third-order valence-corrected chi connectivity index (χ3v) is 6.02. The Hall–Kier alpha value is -1.86. The molecule has 0 aliphatic carbocycles. The maximum atomic E-state index is 5.34. The quantitative estimate of drug-likeness (QED) is 0.561. The Balaban J connectivity index is 1.62. The second-order valence-corrected chi connectivity index (χ2v) is 8.04. The van der Waals surface area contributed by atoms with Gasteiger partial charge in [-0.05, 0) is 57.1 Å². The number of aromatic nitrogens is 1. The Morgan fingerprint density at radius 2 is 2.30 bits per heavy atom. The second-order valence-electron chi connectivity index (χ2n) is 7.06. The van der Waals surface area contributed by atoms with Gasteiger partial charge in [0.25, 0.3) is 0 Å². The van der Waals surface area contributed by atoms with E-state index in [-0.39, 0.29) is 0 Å². The van der Waals surface area contributed by atoms with Crippen LogP contribution in [0.1, 0.15) is 49.1 Å². The van der Waals surface area contributed by atoms with Gasteiger partial charge in [0.15, 0.2) is 11.7 Å². The van der Waals surface area contributed by atoms with E-state index in [2.05, 4.69) is 64.1 Å². The second kappa shape index (κ2) is 9.90. The fraction of sp³-hybridized carbons (Fsp3) is 0.600. The first-order valence-corrected chi connectivity index (χ1v) is 10.8. The van der Waals surface area contributed by atoms with Crippen LogP contribution in [0.15, 0.2) is 33.1 Å². The Labute approximate surface area is 166 Å². The van der Waals surface area contributed by atoms with Gasteiger partial charge in [-0.25, -0.2) is 4.99 Å². The average molecular weight is 390 g/mol. The van der Waals surface area contributed by atoms with E-state index in [9.17, 15) is 0 Å². The molecule has 0 amide bonds. The summed E-state index contributed by atoms with van der Waals surface area (Å²) in [5.41, 5.74) is 0.974. The normalized spacial score (nSPS) is 21.4. The number of hydrogen-bond acceptors (Lipinski definition) is 5. The summed E-state index contributed by atoms with van der Waals surface area (Å²) in [6.45, 7) is 7.57. The minimum absolute atomic E-state index is 0.482. The molecule has 1 aliphatic heterocycles. The lowest BCUT2D eigenvalue weighted by Gasteiger charge is -2.39. The molecule has 3 heterocycles. The highest BCUT2D eigenvalue weighted by atomic mass is 32.1. The van der Waals surface area contributed by atoms with E-state index in [1.807, 2.05) is 17.4 Å². The SMILES string of the molecule is CCNC(=NCc1cc(CC)no1)NCC1CCCN(C)C1c1cccs1. The van der Waals surface area contributed by atoms with Crippen LogP contribution in [0.5, 0.6) is 0 Å². The van der Waals surface area contributed by atoms with Gasteiger partial charge in [0.2, 0.25) is 0 Å². The number of nitrogens with one attached hydrogen (secondary N) is 2. The van der Waals surface area contributed by atoms with Crippen LogP contribution >= 0.6 is 11.3 Å². The number of nitrogens with zero attached hydrogens (tertiary/aromatic N) is 3. The minimum Gasteiger partial charge on any atom is -0.359 e. The molecule has 7 heteroatoms. The molecule has 27 heavy (non-hydrogen) atoms. The lowest BCUT2D eigenvalue weighted by atomic mass is 9.88. The zero-order valence-electron chi connectivity index (χ0n) is 16.6. The Morgan fingerprint density at radius 3 is 3.00 bits per heavy atom. The minimum atomic E-state index is 0.482. The molecule has 2 aromatic rings. The monoisotopic (exact) mass is 389 g/mol. The smallest absolute Gasteiger partial charge is 0.191 e. The molecule has 0 spiro atoms. The maximum Gasteiger partial charge on any atom is 0.191 e. The first-order valence-electron chi connectivity index (χ1n) is 9.91. The van der Waals surface area contributed by atoms with E-state index in [1.54, 1.807) is 0 Å². The Kier molecular flexibility index (Phi) is 7.29. The van der Waals surface area contributed by atoms with Gasteiger partial charge in [0.05, 0.1) is 5.69 Å². The van der Waals surface area contributed by atoms with Crippen molar-refractivity contribution in [2.24, 2.45) is 10.9 Å². The van der Waals surface area contributed by atoms with Crippen molar-refractivity contribution in [1.29, 1.82) is 0 Å². The van der Waals surface area contributed by atoms with Crippen molar-refractivity contribution in [3.05, 3.63) is 39.9 Å². The summed E-state index contributed by atoms with van der Waals surface area (Å²) in [5, 5.41) is 13.1. The molecule has 3 rings (SSSR count). The van der Waals surface area contributed by atoms with Gasteiger partial charge < -0.3 is 15.2 Å². The summed E-state index contributed by atoms with van der Waals surface area (Å²) in [6.07, 6.45) is 3.36. The van der Waals surface area contributed by atoms with E-state index in [0.29, 0.717) is 18.5 Å². The zero-order chi connectivity index (χ0) is 19.1. The van der Waals surface area contributed by atoms with Crippen LogP contribution in [0.4, 0.5) is 0 Å². The van der Waals surface area contributed by atoms with E-state index in [0.717, 1.165) is 36.9 Å². The van der Waals surface area contributed by atoms with Crippen molar-refractivity contribution in [3.63, 3.8) is 0 Å². The highest BCUT2D eigenvalue weighted by molar-refractivity contribution is 7.10.